The molecule has 0 bridgehead atoms. The van der Waals surface area contributed by atoms with E-state index in [0.29, 0.717) is 44.9 Å². The number of methoxy groups -OCH3 is 1. The van der Waals surface area contributed by atoms with Crippen molar-refractivity contribution in [1.29, 1.82) is 0 Å². The van der Waals surface area contributed by atoms with Gasteiger partial charge in [0.2, 0.25) is 5.13 Å². The van der Waals surface area contributed by atoms with Crippen molar-refractivity contribution in [3.05, 3.63) is 65.1 Å². The second kappa shape index (κ2) is 7.99. The van der Waals surface area contributed by atoms with Crippen molar-refractivity contribution < 1.29 is 13.9 Å². The Bertz CT molecular complexity index is 1240. The van der Waals surface area contributed by atoms with Crippen LogP contribution in [-0.2, 0) is 0 Å². The van der Waals surface area contributed by atoms with Crippen LogP contribution in [0.2, 0.25) is 0 Å². The lowest BCUT2D eigenvalue weighted by atomic mass is 10.2. The lowest BCUT2D eigenvalue weighted by Gasteiger charge is -2.06. The number of aromatic nitrogens is 5. The van der Waals surface area contributed by atoms with Crippen LogP contribution >= 0.6 is 11.5 Å². The van der Waals surface area contributed by atoms with E-state index in [9.17, 15) is 9.18 Å². The van der Waals surface area contributed by atoms with Crippen LogP contribution in [0.15, 0.2) is 42.5 Å². The predicted octanol–water partition coefficient (Wildman–Crippen LogP) is 3.80. The smallest absolute Gasteiger partial charge is 0.261 e. The van der Waals surface area contributed by atoms with Crippen LogP contribution in [0.4, 0.5) is 9.52 Å². The third-order valence-corrected chi connectivity index (χ3v) is 5.13. The molecule has 0 aliphatic heterocycles. The van der Waals surface area contributed by atoms with Crippen molar-refractivity contribution in [3.8, 4) is 23.0 Å². The number of ether oxygens (including phenoxy) is 1. The van der Waals surface area contributed by atoms with Gasteiger partial charge in [-0.05, 0) is 43.7 Å². The largest absolute Gasteiger partial charge is 0.496 e. The summed E-state index contributed by atoms with van der Waals surface area (Å²) in [5, 5.41) is 11.3. The molecule has 0 unspecified atom stereocenters. The van der Waals surface area contributed by atoms with Gasteiger partial charge in [0.15, 0.2) is 11.5 Å². The highest BCUT2D eigenvalue weighted by molar-refractivity contribution is 7.10. The molecule has 152 valence electrons. The van der Waals surface area contributed by atoms with Crippen molar-refractivity contribution in [2.45, 2.75) is 13.8 Å². The molecule has 0 radical (unpaired) electrons. The number of nitrogens with one attached hydrogen (secondary N) is 1. The van der Waals surface area contributed by atoms with Gasteiger partial charge in [-0.2, -0.15) is 9.36 Å². The number of halogens is 1. The number of nitrogens with zero attached hydrogens (tertiary/aromatic N) is 5. The molecule has 1 N–H and O–H groups in total. The number of hydrogen-bond acceptors (Lipinski definition) is 7. The lowest BCUT2D eigenvalue weighted by molar-refractivity contribution is 0.102. The fourth-order valence-electron chi connectivity index (χ4n) is 2.86. The highest BCUT2D eigenvalue weighted by Gasteiger charge is 2.19. The maximum atomic E-state index is 13.9. The molecule has 2 aromatic carbocycles. The summed E-state index contributed by atoms with van der Waals surface area (Å²) in [5.74, 6) is 0.109. The summed E-state index contributed by atoms with van der Waals surface area (Å²) in [4.78, 5) is 16.9. The van der Waals surface area contributed by atoms with Gasteiger partial charge in [0.25, 0.3) is 5.91 Å². The number of benzene rings is 2. The Balaban J connectivity index is 1.58. The van der Waals surface area contributed by atoms with E-state index in [1.807, 2.05) is 0 Å². The molecule has 0 aliphatic carbocycles. The van der Waals surface area contributed by atoms with E-state index in [4.69, 9.17) is 4.74 Å². The minimum atomic E-state index is -0.356. The molecule has 0 saturated heterocycles. The molecule has 0 spiro atoms. The average Bonchev–Trinajstić information content (AvgIpc) is 3.36. The second-order valence-corrected chi connectivity index (χ2v) is 7.20. The standard InChI is InChI=1S/C20H17FN6O2S/c1-11-8-9-13(10-15(11)21)27-12(2)17(24-26-27)18-22-20(30-25-18)23-19(28)14-6-4-5-7-16(14)29-3/h4-10H,1-3H3,(H,22,23,25,28). The second-order valence-electron chi connectivity index (χ2n) is 6.45. The van der Waals surface area contributed by atoms with Crippen LogP contribution < -0.4 is 10.1 Å². The van der Waals surface area contributed by atoms with Crippen molar-refractivity contribution in [1.82, 2.24) is 24.4 Å². The van der Waals surface area contributed by atoms with Crippen molar-refractivity contribution in [3.63, 3.8) is 0 Å². The minimum absolute atomic E-state index is 0.316. The van der Waals surface area contributed by atoms with Gasteiger partial charge < -0.3 is 4.74 Å². The SMILES string of the molecule is COc1ccccc1C(=O)Nc1nc(-c2nnn(-c3ccc(C)c(F)c3)c2C)ns1. The molecule has 0 aliphatic rings. The molecular weight excluding hydrogens is 407 g/mol. The van der Waals surface area contributed by atoms with Crippen molar-refractivity contribution >= 4 is 22.6 Å². The summed E-state index contributed by atoms with van der Waals surface area (Å²) < 4.78 is 24.9. The molecule has 2 aromatic heterocycles. The zero-order valence-corrected chi connectivity index (χ0v) is 17.2. The Hall–Kier alpha value is -3.66. The number of rotatable bonds is 5. The summed E-state index contributed by atoms with van der Waals surface area (Å²) in [6.07, 6.45) is 0. The van der Waals surface area contributed by atoms with Gasteiger partial charge in [-0.3, -0.25) is 10.1 Å². The number of anilines is 1. The van der Waals surface area contributed by atoms with E-state index in [-0.39, 0.29) is 11.7 Å². The summed E-state index contributed by atoms with van der Waals surface area (Å²) in [5.41, 5.74) is 2.59. The average molecular weight is 424 g/mol. The molecule has 4 rings (SSSR count). The zero-order valence-electron chi connectivity index (χ0n) is 16.4. The Labute approximate surface area is 175 Å². The van der Waals surface area contributed by atoms with E-state index in [0.717, 1.165) is 11.5 Å². The maximum Gasteiger partial charge on any atom is 0.261 e. The van der Waals surface area contributed by atoms with Crippen LogP contribution in [0.1, 0.15) is 21.6 Å². The number of carbonyl (C=O) groups is 1. The first-order valence-corrected chi connectivity index (χ1v) is 9.72. The third-order valence-electron chi connectivity index (χ3n) is 4.50. The van der Waals surface area contributed by atoms with Crippen LogP contribution in [0.25, 0.3) is 17.2 Å². The van der Waals surface area contributed by atoms with E-state index in [2.05, 4.69) is 25.0 Å². The van der Waals surface area contributed by atoms with Gasteiger partial charge in [0, 0.05) is 11.5 Å². The number of para-hydroxylation sites is 1. The molecule has 0 saturated carbocycles. The zero-order chi connectivity index (χ0) is 21.3. The highest BCUT2D eigenvalue weighted by atomic mass is 32.1. The Morgan fingerprint density at radius 3 is 2.77 bits per heavy atom. The summed E-state index contributed by atoms with van der Waals surface area (Å²) >= 11 is 1.03. The number of carbonyl (C=O) groups excluding carboxylic acids is 1. The normalized spacial score (nSPS) is 10.8. The number of amides is 1. The maximum absolute atomic E-state index is 13.9. The summed E-state index contributed by atoms with van der Waals surface area (Å²) in [6, 6.07) is 11.7. The van der Waals surface area contributed by atoms with E-state index in [1.165, 1.54) is 17.9 Å². The van der Waals surface area contributed by atoms with Crippen LogP contribution in [0.3, 0.4) is 0 Å². The van der Waals surface area contributed by atoms with Crippen LogP contribution in [-0.4, -0.2) is 37.4 Å². The van der Waals surface area contributed by atoms with Gasteiger partial charge in [-0.1, -0.05) is 23.4 Å². The van der Waals surface area contributed by atoms with Gasteiger partial charge in [-0.25, -0.2) is 9.07 Å². The molecule has 8 nitrogen and oxygen atoms in total. The fourth-order valence-corrected chi connectivity index (χ4v) is 3.43. The van der Waals surface area contributed by atoms with Crippen LogP contribution in [0.5, 0.6) is 5.75 Å². The van der Waals surface area contributed by atoms with E-state index < -0.39 is 0 Å². The van der Waals surface area contributed by atoms with Gasteiger partial charge >= 0.3 is 0 Å². The highest BCUT2D eigenvalue weighted by Crippen LogP contribution is 2.25. The number of aryl methyl sites for hydroxylation is 1. The van der Waals surface area contributed by atoms with Crippen molar-refractivity contribution in [2.75, 3.05) is 12.4 Å². The van der Waals surface area contributed by atoms with Gasteiger partial charge in [0.05, 0.1) is 24.1 Å². The van der Waals surface area contributed by atoms with Gasteiger partial charge in [0.1, 0.15) is 11.6 Å². The molecular formula is C20H17FN6O2S. The molecule has 1 amide bonds. The minimum Gasteiger partial charge on any atom is -0.496 e. The molecule has 2 heterocycles. The summed E-state index contributed by atoms with van der Waals surface area (Å²) in [7, 11) is 1.50. The summed E-state index contributed by atoms with van der Waals surface area (Å²) in [6.45, 7) is 3.49. The third kappa shape index (κ3) is 3.64. The Kier molecular flexibility index (Phi) is 5.23. The molecule has 0 atom stereocenters. The first-order chi connectivity index (χ1) is 14.5. The monoisotopic (exact) mass is 424 g/mol. The fraction of sp³-hybridized carbons (Fsp3) is 0.150. The molecule has 10 heteroatoms. The van der Waals surface area contributed by atoms with E-state index in [1.54, 1.807) is 50.2 Å². The Morgan fingerprint density at radius 2 is 2.00 bits per heavy atom. The first kappa shape index (κ1) is 19.6. The lowest BCUT2D eigenvalue weighted by Crippen LogP contribution is -2.12. The van der Waals surface area contributed by atoms with Gasteiger partial charge in [-0.15, -0.1) is 5.10 Å². The first-order valence-electron chi connectivity index (χ1n) is 8.95. The number of hydrogen-bond donors (Lipinski definition) is 1. The van der Waals surface area contributed by atoms with Crippen molar-refractivity contribution in [2.24, 2.45) is 0 Å². The Morgan fingerprint density at radius 1 is 1.20 bits per heavy atom. The van der Waals surface area contributed by atoms with E-state index >= 15 is 0 Å². The topological polar surface area (TPSA) is 94.8 Å². The molecule has 30 heavy (non-hydrogen) atoms. The molecule has 4 aromatic rings. The van der Waals surface area contributed by atoms with Crippen LogP contribution in [0, 0.1) is 19.7 Å². The quantitative estimate of drug-likeness (QED) is 0.524. The predicted molar refractivity (Wildman–Crippen MR) is 111 cm³/mol. The molecule has 0 fully saturated rings.